The molecule has 0 radical (unpaired) electrons. The van der Waals surface area contributed by atoms with Gasteiger partial charge in [0.25, 0.3) is 0 Å². The Hall–Kier alpha value is -0.930. The molecular formula is C11H16N2O. The van der Waals surface area contributed by atoms with E-state index in [2.05, 4.69) is 22.9 Å². The van der Waals surface area contributed by atoms with Crippen LogP contribution < -0.4 is 0 Å². The van der Waals surface area contributed by atoms with Gasteiger partial charge in [-0.2, -0.15) is 0 Å². The van der Waals surface area contributed by atoms with E-state index in [0.717, 1.165) is 26.3 Å². The van der Waals surface area contributed by atoms with E-state index in [1.165, 1.54) is 5.56 Å². The van der Waals surface area contributed by atoms with Crippen molar-refractivity contribution in [3.8, 4) is 0 Å². The zero-order valence-corrected chi connectivity index (χ0v) is 8.52. The molecule has 3 nitrogen and oxygen atoms in total. The average molecular weight is 192 g/mol. The molecular weight excluding hydrogens is 176 g/mol. The fourth-order valence-electron chi connectivity index (χ4n) is 1.90. The number of pyridine rings is 1. The minimum atomic E-state index is 0.391. The molecule has 1 unspecified atom stereocenters. The van der Waals surface area contributed by atoms with Crippen LogP contribution in [0.15, 0.2) is 24.5 Å². The van der Waals surface area contributed by atoms with Gasteiger partial charge < -0.3 is 4.74 Å². The van der Waals surface area contributed by atoms with Gasteiger partial charge in [0, 0.05) is 18.9 Å². The van der Waals surface area contributed by atoms with Gasteiger partial charge in [0.1, 0.15) is 0 Å². The predicted molar refractivity (Wildman–Crippen MR) is 55.0 cm³/mol. The maximum atomic E-state index is 5.50. The van der Waals surface area contributed by atoms with E-state index >= 15 is 0 Å². The largest absolute Gasteiger partial charge is 0.378 e. The fraction of sp³-hybridized carbons (Fsp3) is 0.545. The van der Waals surface area contributed by atoms with Crippen molar-refractivity contribution in [3.63, 3.8) is 0 Å². The molecule has 1 fully saturated rings. The van der Waals surface area contributed by atoms with Gasteiger partial charge in [0.05, 0.1) is 19.3 Å². The van der Waals surface area contributed by atoms with Gasteiger partial charge in [0.15, 0.2) is 0 Å². The van der Waals surface area contributed by atoms with Crippen LogP contribution in [-0.2, 0) is 4.74 Å². The molecule has 3 heteroatoms. The van der Waals surface area contributed by atoms with Gasteiger partial charge in [-0.1, -0.05) is 13.0 Å². The predicted octanol–water partition coefficient (Wildman–Crippen LogP) is 1.47. The second-order valence-electron chi connectivity index (χ2n) is 3.51. The molecule has 1 atom stereocenters. The molecule has 0 bridgehead atoms. The highest BCUT2D eigenvalue weighted by Gasteiger charge is 2.22. The van der Waals surface area contributed by atoms with Crippen molar-refractivity contribution in [2.45, 2.75) is 13.0 Å². The van der Waals surface area contributed by atoms with E-state index in [9.17, 15) is 0 Å². The minimum absolute atomic E-state index is 0.391. The van der Waals surface area contributed by atoms with Crippen molar-refractivity contribution in [3.05, 3.63) is 30.1 Å². The summed E-state index contributed by atoms with van der Waals surface area (Å²) in [5, 5.41) is 0. The minimum Gasteiger partial charge on any atom is -0.378 e. The summed E-state index contributed by atoms with van der Waals surface area (Å²) < 4.78 is 5.50. The smallest absolute Gasteiger partial charge is 0.0664 e. The summed E-state index contributed by atoms with van der Waals surface area (Å²) in [6, 6.07) is 4.50. The summed E-state index contributed by atoms with van der Waals surface area (Å²) in [6.45, 7) is 5.93. The lowest BCUT2D eigenvalue weighted by Crippen LogP contribution is -2.39. The topological polar surface area (TPSA) is 25.4 Å². The highest BCUT2D eigenvalue weighted by atomic mass is 16.5. The van der Waals surface area contributed by atoms with Gasteiger partial charge in [-0.3, -0.25) is 9.88 Å². The molecule has 14 heavy (non-hydrogen) atoms. The normalized spacial score (nSPS) is 23.6. The number of hydrogen-bond donors (Lipinski definition) is 0. The summed E-state index contributed by atoms with van der Waals surface area (Å²) in [5.74, 6) is 0. The number of morpholine rings is 1. The Labute approximate surface area is 84.7 Å². The molecule has 0 amide bonds. The Bertz CT molecular complexity index is 276. The van der Waals surface area contributed by atoms with E-state index in [0.29, 0.717) is 6.04 Å². The lowest BCUT2D eigenvalue weighted by atomic mass is 10.1. The molecule has 0 spiro atoms. The van der Waals surface area contributed by atoms with Gasteiger partial charge >= 0.3 is 0 Å². The summed E-state index contributed by atoms with van der Waals surface area (Å²) in [7, 11) is 0. The van der Waals surface area contributed by atoms with Crippen LogP contribution >= 0.6 is 0 Å². The fourth-order valence-corrected chi connectivity index (χ4v) is 1.90. The van der Waals surface area contributed by atoms with Gasteiger partial charge in [-0.15, -0.1) is 0 Å². The summed E-state index contributed by atoms with van der Waals surface area (Å²) >= 11 is 0. The quantitative estimate of drug-likeness (QED) is 0.709. The first-order chi connectivity index (χ1) is 6.92. The van der Waals surface area contributed by atoms with Gasteiger partial charge in [0.2, 0.25) is 0 Å². The van der Waals surface area contributed by atoms with Crippen LogP contribution in [0.5, 0.6) is 0 Å². The van der Waals surface area contributed by atoms with E-state index < -0.39 is 0 Å². The molecule has 1 aliphatic rings. The zero-order valence-electron chi connectivity index (χ0n) is 8.52. The first-order valence-corrected chi connectivity index (χ1v) is 5.13. The van der Waals surface area contributed by atoms with Gasteiger partial charge in [-0.25, -0.2) is 0 Å². The van der Waals surface area contributed by atoms with Crippen LogP contribution in [0.3, 0.4) is 0 Å². The third-order valence-corrected chi connectivity index (χ3v) is 2.71. The lowest BCUT2D eigenvalue weighted by molar-refractivity contribution is -0.00586. The number of nitrogens with zero attached hydrogens (tertiary/aromatic N) is 2. The van der Waals surface area contributed by atoms with E-state index in [4.69, 9.17) is 4.74 Å². The molecule has 1 saturated heterocycles. The summed E-state index contributed by atoms with van der Waals surface area (Å²) in [6.07, 6.45) is 3.74. The second kappa shape index (κ2) is 4.53. The Kier molecular flexibility index (Phi) is 3.11. The van der Waals surface area contributed by atoms with Crippen LogP contribution in [-0.4, -0.2) is 36.2 Å². The van der Waals surface area contributed by atoms with E-state index in [1.54, 1.807) is 0 Å². The number of rotatable bonds is 2. The lowest BCUT2D eigenvalue weighted by Gasteiger charge is -2.34. The van der Waals surface area contributed by atoms with Crippen molar-refractivity contribution in [1.82, 2.24) is 9.88 Å². The van der Waals surface area contributed by atoms with Crippen LogP contribution in [0.1, 0.15) is 18.5 Å². The van der Waals surface area contributed by atoms with Crippen molar-refractivity contribution in [2.75, 3.05) is 26.3 Å². The second-order valence-corrected chi connectivity index (χ2v) is 3.51. The molecule has 1 aromatic rings. The molecule has 0 saturated carbocycles. The van der Waals surface area contributed by atoms with Gasteiger partial charge in [-0.05, 0) is 18.2 Å². The van der Waals surface area contributed by atoms with Crippen molar-refractivity contribution >= 4 is 0 Å². The summed E-state index contributed by atoms with van der Waals surface area (Å²) in [5.41, 5.74) is 1.26. The third kappa shape index (κ3) is 1.94. The first kappa shape index (κ1) is 9.62. The van der Waals surface area contributed by atoms with Crippen LogP contribution in [0.2, 0.25) is 0 Å². The first-order valence-electron chi connectivity index (χ1n) is 5.13. The molecule has 0 N–H and O–H groups in total. The SMILES string of the molecule is CCN1CCOCC1c1cccnc1. The number of aromatic nitrogens is 1. The van der Waals surface area contributed by atoms with Crippen LogP contribution in [0.25, 0.3) is 0 Å². The Balaban J connectivity index is 2.15. The molecule has 2 heterocycles. The summed E-state index contributed by atoms with van der Waals surface area (Å²) in [4.78, 5) is 6.58. The molecule has 76 valence electrons. The monoisotopic (exact) mass is 192 g/mol. The Morgan fingerprint density at radius 1 is 1.64 bits per heavy atom. The van der Waals surface area contributed by atoms with Crippen molar-refractivity contribution in [1.29, 1.82) is 0 Å². The van der Waals surface area contributed by atoms with E-state index in [1.807, 2.05) is 18.5 Å². The third-order valence-electron chi connectivity index (χ3n) is 2.71. The number of hydrogen-bond acceptors (Lipinski definition) is 3. The number of ether oxygens (including phenoxy) is 1. The molecule has 2 rings (SSSR count). The Morgan fingerprint density at radius 2 is 2.57 bits per heavy atom. The number of likely N-dealkylation sites (N-methyl/N-ethyl adjacent to an activating group) is 1. The molecule has 1 aliphatic heterocycles. The van der Waals surface area contributed by atoms with Crippen LogP contribution in [0, 0.1) is 0 Å². The van der Waals surface area contributed by atoms with Crippen molar-refractivity contribution < 1.29 is 4.74 Å². The molecule has 1 aromatic heterocycles. The Morgan fingerprint density at radius 3 is 3.29 bits per heavy atom. The average Bonchev–Trinajstić information content (AvgIpc) is 2.30. The molecule has 0 aromatic carbocycles. The standard InChI is InChI=1S/C11H16N2O/c1-2-13-6-7-14-9-11(13)10-4-3-5-12-8-10/h3-5,8,11H,2,6-7,9H2,1H3. The van der Waals surface area contributed by atoms with Crippen molar-refractivity contribution in [2.24, 2.45) is 0 Å². The molecule has 0 aliphatic carbocycles. The van der Waals surface area contributed by atoms with Crippen LogP contribution in [0.4, 0.5) is 0 Å². The highest BCUT2D eigenvalue weighted by molar-refractivity contribution is 5.14. The van der Waals surface area contributed by atoms with E-state index in [-0.39, 0.29) is 0 Å². The maximum absolute atomic E-state index is 5.50. The highest BCUT2D eigenvalue weighted by Crippen LogP contribution is 2.22. The maximum Gasteiger partial charge on any atom is 0.0664 e. The zero-order chi connectivity index (χ0) is 9.80.